The lowest BCUT2D eigenvalue weighted by atomic mass is 9.82. The smallest absolute Gasteiger partial charge is 0.346 e. The maximum Gasteiger partial charge on any atom is 0.346 e. The second-order valence-electron chi connectivity index (χ2n) is 9.53. The highest BCUT2D eigenvalue weighted by molar-refractivity contribution is 8.32. The lowest BCUT2D eigenvalue weighted by molar-refractivity contribution is -0.137. The molecule has 0 bridgehead atoms. The highest BCUT2D eigenvalue weighted by Gasteiger charge is 2.45. The highest BCUT2D eigenvalue weighted by atomic mass is 32.2. The molecule has 3 aromatic carbocycles. The van der Waals surface area contributed by atoms with Gasteiger partial charge in [0.05, 0.1) is 26.9 Å². The minimum absolute atomic E-state index is 0.103. The Morgan fingerprint density at radius 2 is 1.61 bits per heavy atom. The molecule has 2 aliphatic heterocycles. The fourth-order valence-electron chi connectivity index (χ4n) is 4.66. The van der Waals surface area contributed by atoms with Gasteiger partial charge in [-0.2, -0.15) is 0 Å². The molecule has 38 heavy (non-hydrogen) atoms. The molecule has 0 saturated heterocycles. The number of rotatable bonds is 4. The van der Waals surface area contributed by atoms with Crippen LogP contribution in [0.15, 0.2) is 88.0 Å². The first-order valence-electron chi connectivity index (χ1n) is 12.4. The van der Waals surface area contributed by atoms with E-state index < -0.39 is 5.54 Å². The van der Waals surface area contributed by atoms with E-state index >= 15 is 0 Å². The summed E-state index contributed by atoms with van der Waals surface area (Å²) in [5, 5.41) is 0. The van der Waals surface area contributed by atoms with Gasteiger partial charge >= 0.3 is 5.97 Å². The number of amides is 1. The Morgan fingerprint density at radius 3 is 2.26 bits per heavy atom. The Labute approximate surface area is 237 Å². The second kappa shape index (κ2) is 10.6. The topological polar surface area (TPSA) is 46.6 Å². The molecule has 0 spiro atoms. The second-order valence-corrected chi connectivity index (χ2v) is 12.2. The van der Waals surface area contributed by atoms with Gasteiger partial charge in [0, 0.05) is 21.6 Å². The number of carbonyl (C=O) groups excluding carboxylic acids is 2. The van der Waals surface area contributed by atoms with Gasteiger partial charge in [-0.15, -0.1) is 0 Å². The first kappa shape index (κ1) is 26.5. The molecule has 5 rings (SSSR count). The number of fused-ring (bicyclic) bond motifs is 1. The Kier molecular flexibility index (Phi) is 7.36. The van der Waals surface area contributed by atoms with Gasteiger partial charge in [0.1, 0.15) is 4.91 Å². The van der Waals surface area contributed by atoms with E-state index in [1.54, 1.807) is 11.8 Å². The van der Waals surface area contributed by atoms with Gasteiger partial charge in [0.25, 0.3) is 5.91 Å². The number of benzene rings is 3. The normalized spacial score (nSPS) is 18.4. The number of hydrogen-bond acceptors (Lipinski definition) is 6. The lowest BCUT2D eigenvalue weighted by Crippen LogP contribution is -2.56. The third-order valence-electron chi connectivity index (χ3n) is 6.52. The van der Waals surface area contributed by atoms with Gasteiger partial charge in [-0.3, -0.25) is 9.69 Å². The molecule has 7 heteroatoms. The number of anilines is 1. The summed E-state index contributed by atoms with van der Waals surface area (Å²) in [6, 6.07) is 25.2. The molecule has 1 amide bonds. The summed E-state index contributed by atoms with van der Waals surface area (Å²) < 4.78 is 6.35. The summed E-state index contributed by atoms with van der Waals surface area (Å²) in [6.07, 6.45) is 0. The van der Waals surface area contributed by atoms with Crippen LogP contribution in [-0.2, 0) is 9.53 Å². The molecule has 0 fully saturated rings. The lowest BCUT2D eigenvalue weighted by Gasteiger charge is -2.45. The summed E-state index contributed by atoms with van der Waals surface area (Å²) in [4.78, 5) is 30.8. The number of hydrogen-bond donors (Lipinski definition) is 0. The number of thioether (sulfide) groups is 2. The van der Waals surface area contributed by atoms with Crippen molar-refractivity contribution in [2.24, 2.45) is 0 Å². The zero-order valence-electron chi connectivity index (χ0n) is 21.6. The van der Waals surface area contributed by atoms with Crippen LogP contribution < -0.4 is 4.90 Å². The Hall–Kier alpha value is -3.13. The molecular formula is C31H27NO3S3. The van der Waals surface area contributed by atoms with Crippen molar-refractivity contribution < 1.29 is 14.3 Å². The zero-order chi connectivity index (χ0) is 27.0. The highest BCUT2D eigenvalue weighted by Crippen LogP contribution is 2.58. The molecular weight excluding hydrogens is 531 g/mol. The molecule has 0 radical (unpaired) electrons. The van der Waals surface area contributed by atoms with E-state index in [-0.39, 0.29) is 11.9 Å². The molecule has 0 unspecified atom stereocenters. The van der Waals surface area contributed by atoms with Crippen LogP contribution in [0.1, 0.15) is 47.8 Å². The van der Waals surface area contributed by atoms with Crippen LogP contribution in [0.25, 0.3) is 10.5 Å². The van der Waals surface area contributed by atoms with Crippen molar-refractivity contribution in [3.63, 3.8) is 0 Å². The van der Waals surface area contributed by atoms with E-state index in [4.69, 9.17) is 17.0 Å². The fraction of sp³-hybridized carbons (Fsp3) is 0.194. The minimum Gasteiger partial charge on any atom is -0.462 e. The van der Waals surface area contributed by atoms with Crippen molar-refractivity contribution in [3.8, 4) is 0 Å². The predicted octanol–water partition coefficient (Wildman–Crippen LogP) is 7.88. The molecule has 0 aromatic heterocycles. The Bertz CT molecular complexity index is 1510. The molecule has 0 N–H and O–H groups in total. The summed E-state index contributed by atoms with van der Waals surface area (Å²) in [7, 11) is 0. The van der Waals surface area contributed by atoms with Crippen LogP contribution in [0.3, 0.4) is 0 Å². The van der Waals surface area contributed by atoms with Gasteiger partial charge < -0.3 is 4.74 Å². The molecule has 0 aliphatic carbocycles. The SMILES string of the molecule is CCOC(=O)C1=C(c2ccccc2)S/C(=C2/C(=S)C(C)(C)N(C(=O)c3ccccc3)c3ccc(C)cc32)S1. The van der Waals surface area contributed by atoms with E-state index in [1.165, 1.54) is 11.8 Å². The number of carbonyl (C=O) groups is 2. The average molecular weight is 558 g/mol. The van der Waals surface area contributed by atoms with E-state index in [0.717, 1.165) is 37.1 Å². The maximum atomic E-state index is 13.9. The molecule has 2 aliphatic rings. The largest absolute Gasteiger partial charge is 0.462 e. The monoisotopic (exact) mass is 557 g/mol. The van der Waals surface area contributed by atoms with Crippen LogP contribution in [-0.4, -0.2) is 28.9 Å². The van der Waals surface area contributed by atoms with Crippen molar-refractivity contribution in [1.29, 1.82) is 0 Å². The van der Waals surface area contributed by atoms with Gasteiger partial charge in [0.15, 0.2) is 0 Å². The fourth-order valence-corrected chi connectivity index (χ4v) is 7.79. The number of nitrogens with zero attached hydrogens (tertiary/aromatic N) is 1. The van der Waals surface area contributed by atoms with Crippen molar-refractivity contribution >= 4 is 68.6 Å². The Balaban J connectivity index is 1.68. The van der Waals surface area contributed by atoms with Crippen molar-refractivity contribution in [1.82, 2.24) is 0 Å². The number of esters is 1. The molecule has 3 aromatic rings. The minimum atomic E-state index is -0.784. The quantitative estimate of drug-likeness (QED) is 0.185. The standard InChI is InChI=1S/C31H27NO3S3/c1-5-35-29(34)26-25(20-12-8-6-9-13-20)37-30(38-26)24-22-18-19(2)16-17-23(22)32(31(3,4)27(24)36)28(33)21-14-10-7-11-15-21/h6-18H,5H2,1-4H3/b30-24-. The van der Waals surface area contributed by atoms with Crippen LogP contribution in [0.4, 0.5) is 5.69 Å². The van der Waals surface area contributed by atoms with Gasteiger partial charge in [0.2, 0.25) is 0 Å². The Morgan fingerprint density at radius 1 is 0.947 bits per heavy atom. The number of thiocarbonyl (C=S) groups is 1. The summed E-state index contributed by atoms with van der Waals surface area (Å²) in [5.41, 5.74) is 4.43. The number of aryl methyl sites for hydroxylation is 1. The first-order chi connectivity index (χ1) is 18.2. The van der Waals surface area contributed by atoms with E-state index in [2.05, 4.69) is 6.07 Å². The molecule has 4 nitrogen and oxygen atoms in total. The van der Waals surface area contributed by atoms with Gasteiger partial charge in [-0.05, 0) is 57.5 Å². The molecule has 0 saturated carbocycles. The third-order valence-corrected chi connectivity index (χ3v) is 9.86. The molecule has 2 heterocycles. The summed E-state index contributed by atoms with van der Waals surface area (Å²) >= 11 is 9.11. The van der Waals surface area contributed by atoms with Crippen molar-refractivity contribution in [3.05, 3.63) is 110 Å². The van der Waals surface area contributed by atoms with Gasteiger partial charge in [-0.1, -0.05) is 95.9 Å². The van der Waals surface area contributed by atoms with Crippen molar-refractivity contribution in [2.45, 2.75) is 33.2 Å². The van der Waals surface area contributed by atoms with E-state index in [0.29, 0.717) is 21.9 Å². The predicted molar refractivity (Wildman–Crippen MR) is 163 cm³/mol. The van der Waals surface area contributed by atoms with Crippen LogP contribution in [0.5, 0.6) is 0 Å². The van der Waals surface area contributed by atoms with Gasteiger partial charge in [-0.25, -0.2) is 4.79 Å². The van der Waals surface area contributed by atoms with Crippen LogP contribution >= 0.6 is 35.7 Å². The number of ether oxygens (including phenoxy) is 1. The first-order valence-corrected chi connectivity index (χ1v) is 14.4. The van der Waals surface area contributed by atoms with Crippen molar-refractivity contribution in [2.75, 3.05) is 11.5 Å². The van der Waals surface area contributed by atoms with Crippen LogP contribution in [0, 0.1) is 6.92 Å². The summed E-state index contributed by atoms with van der Waals surface area (Å²) in [5.74, 6) is -0.445. The van der Waals surface area contributed by atoms with E-state index in [9.17, 15) is 9.59 Å². The molecule has 192 valence electrons. The molecule has 0 atom stereocenters. The van der Waals surface area contributed by atoms with Crippen LogP contribution in [0.2, 0.25) is 0 Å². The maximum absolute atomic E-state index is 13.9. The average Bonchev–Trinajstić information content (AvgIpc) is 3.36. The summed E-state index contributed by atoms with van der Waals surface area (Å²) in [6.45, 7) is 8.11. The zero-order valence-corrected chi connectivity index (χ0v) is 24.1. The third kappa shape index (κ3) is 4.64. The van der Waals surface area contributed by atoms with E-state index in [1.807, 2.05) is 105 Å².